The van der Waals surface area contributed by atoms with E-state index in [1.54, 1.807) is 0 Å². The highest BCUT2D eigenvalue weighted by atomic mass is 35.5. The Morgan fingerprint density at radius 1 is 1.44 bits per heavy atom. The molecule has 94 valence electrons. The minimum Gasteiger partial charge on any atom is -0.379 e. The minimum atomic E-state index is 0.134. The summed E-state index contributed by atoms with van der Waals surface area (Å²) in [7, 11) is 0. The van der Waals surface area contributed by atoms with Gasteiger partial charge in [0.05, 0.1) is 23.2 Å². The lowest BCUT2D eigenvalue weighted by Gasteiger charge is -2.41. The molecule has 0 aliphatic carbocycles. The van der Waals surface area contributed by atoms with Crippen molar-refractivity contribution in [3.8, 4) is 0 Å². The maximum atomic E-state index is 6.00. The number of nitrogens with zero attached hydrogens (tertiary/aromatic N) is 1. The molecule has 2 nitrogen and oxygen atoms in total. The van der Waals surface area contributed by atoms with Crippen molar-refractivity contribution in [2.75, 3.05) is 18.1 Å². The van der Waals surface area contributed by atoms with Gasteiger partial charge in [0.15, 0.2) is 0 Å². The van der Waals surface area contributed by atoms with Crippen LogP contribution >= 0.6 is 22.9 Å². The second-order valence-corrected chi connectivity index (χ2v) is 6.48. The molecule has 0 unspecified atom stereocenters. The van der Waals surface area contributed by atoms with Crippen molar-refractivity contribution >= 4 is 28.6 Å². The Labute approximate surface area is 116 Å². The number of ether oxygens (including phenoxy) is 1. The van der Waals surface area contributed by atoms with Crippen LogP contribution in [-0.4, -0.2) is 13.2 Å². The third-order valence-electron chi connectivity index (χ3n) is 3.40. The van der Waals surface area contributed by atoms with E-state index in [2.05, 4.69) is 30.7 Å². The van der Waals surface area contributed by atoms with Gasteiger partial charge in [-0.3, -0.25) is 0 Å². The van der Waals surface area contributed by atoms with Crippen molar-refractivity contribution in [3.05, 3.63) is 52.0 Å². The quantitative estimate of drug-likeness (QED) is 0.804. The second-order valence-electron chi connectivity index (χ2n) is 4.94. The second kappa shape index (κ2) is 4.26. The van der Waals surface area contributed by atoms with E-state index in [9.17, 15) is 0 Å². The first kappa shape index (κ1) is 12.0. The molecule has 3 rings (SSSR count). The van der Waals surface area contributed by atoms with Gasteiger partial charge in [-0.2, -0.15) is 0 Å². The highest BCUT2D eigenvalue weighted by Gasteiger charge is 2.37. The predicted octanol–water partition coefficient (Wildman–Crippen LogP) is 4.21. The Kier molecular flexibility index (Phi) is 2.85. The van der Waals surface area contributed by atoms with Crippen LogP contribution in [0.2, 0.25) is 4.34 Å². The molecule has 0 saturated carbocycles. The van der Waals surface area contributed by atoms with Crippen molar-refractivity contribution < 1.29 is 4.74 Å². The number of hydrogen-bond acceptors (Lipinski definition) is 3. The van der Waals surface area contributed by atoms with Crippen LogP contribution in [0.25, 0.3) is 0 Å². The zero-order valence-corrected chi connectivity index (χ0v) is 11.7. The number of allylic oxidation sites excluding steroid dienone is 2. The van der Waals surface area contributed by atoms with Crippen molar-refractivity contribution in [2.45, 2.75) is 6.92 Å². The molecule has 0 N–H and O–H groups in total. The first-order chi connectivity index (χ1) is 8.58. The SMILES string of the molecule is C=C1C=CC(C2(C)COC2)=CN1c1csc(Cl)c1. The van der Waals surface area contributed by atoms with Crippen LogP contribution in [0.5, 0.6) is 0 Å². The van der Waals surface area contributed by atoms with Crippen LogP contribution in [-0.2, 0) is 4.74 Å². The molecule has 0 bridgehead atoms. The molecule has 2 aliphatic heterocycles. The first-order valence-electron chi connectivity index (χ1n) is 5.79. The maximum Gasteiger partial charge on any atom is 0.0949 e. The Morgan fingerprint density at radius 3 is 2.78 bits per heavy atom. The summed E-state index contributed by atoms with van der Waals surface area (Å²) >= 11 is 7.53. The summed E-state index contributed by atoms with van der Waals surface area (Å²) < 4.78 is 6.12. The van der Waals surface area contributed by atoms with E-state index < -0.39 is 0 Å². The molecule has 18 heavy (non-hydrogen) atoms. The standard InChI is InChI=1S/C14H14ClNOS/c1-10-3-4-11(14(2)8-17-9-14)6-16(10)12-5-13(15)18-7-12/h3-7H,1,8-9H2,2H3. The van der Waals surface area contributed by atoms with Gasteiger partial charge in [0.2, 0.25) is 0 Å². The highest BCUT2D eigenvalue weighted by Crippen LogP contribution is 2.40. The minimum absolute atomic E-state index is 0.134. The van der Waals surface area contributed by atoms with Gasteiger partial charge in [0.1, 0.15) is 0 Å². The third kappa shape index (κ3) is 1.92. The molecule has 0 radical (unpaired) electrons. The molecule has 1 fully saturated rings. The molecule has 1 aromatic rings. The van der Waals surface area contributed by atoms with E-state index in [-0.39, 0.29) is 5.41 Å². The van der Waals surface area contributed by atoms with Crippen LogP contribution in [0.15, 0.2) is 47.6 Å². The molecular formula is C14H14ClNOS. The van der Waals surface area contributed by atoms with Gasteiger partial charge in [-0.25, -0.2) is 0 Å². The first-order valence-corrected chi connectivity index (χ1v) is 7.05. The summed E-state index contributed by atoms with van der Waals surface area (Å²) in [4.78, 5) is 2.08. The molecule has 1 aromatic heterocycles. The van der Waals surface area contributed by atoms with Crippen LogP contribution in [0.4, 0.5) is 5.69 Å². The van der Waals surface area contributed by atoms with Gasteiger partial charge in [0.25, 0.3) is 0 Å². The van der Waals surface area contributed by atoms with Gasteiger partial charge in [0, 0.05) is 22.7 Å². The molecule has 4 heteroatoms. The summed E-state index contributed by atoms with van der Waals surface area (Å²) in [5.41, 5.74) is 3.44. The molecule has 0 amide bonds. The van der Waals surface area contributed by atoms with Crippen molar-refractivity contribution in [3.63, 3.8) is 0 Å². The van der Waals surface area contributed by atoms with Gasteiger partial charge in [-0.15, -0.1) is 11.3 Å². The lowest BCUT2D eigenvalue weighted by molar-refractivity contribution is -0.0760. The Morgan fingerprint density at radius 2 is 2.22 bits per heavy atom. The van der Waals surface area contributed by atoms with Gasteiger partial charge in [-0.1, -0.05) is 31.2 Å². The molecular weight excluding hydrogens is 266 g/mol. The number of halogens is 1. The summed E-state index contributed by atoms with van der Waals surface area (Å²) in [6, 6.07) is 1.96. The lowest BCUT2D eigenvalue weighted by atomic mass is 9.79. The number of thiophene rings is 1. The fraction of sp³-hybridized carbons (Fsp3) is 0.286. The van der Waals surface area contributed by atoms with E-state index in [1.165, 1.54) is 16.9 Å². The van der Waals surface area contributed by atoms with Gasteiger partial charge >= 0.3 is 0 Å². The predicted molar refractivity (Wildman–Crippen MR) is 77.1 cm³/mol. The molecule has 2 aliphatic rings. The number of rotatable bonds is 2. The topological polar surface area (TPSA) is 12.5 Å². The van der Waals surface area contributed by atoms with Crippen LogP contribution in [0.3, 0.4) is 0 Å². The molecule has 0 atom stereocenters. The average Bonchev–Trinajstić information content (AvgIpc) is 2.73. The van der Waals surface area contributed by atoms with Gasteiger partial charge < -0.3 is 9.64 Å². The normalized spacial score (nSPS) is 21.8. The Hall–Kier alpha value is -1.03. The van der Waals surface area contributed by atoms with E-state index in [0.717, 1.165) is 28.9 Å². The van der Waals surface area contributed by atoms with Crippen molar-refractivity contribution in [1.29, 1.82) is 0 Å². The summed E-state index contributed by atoms with van der Waals surface area (Å²) in [6.45, 7) is 7.86. The van der Waals surface area contributed by atoms with E-state index in [1.807, 2.05) is 17.5 Å². The zero-order valence-electron chi connectivity index (χ0n) is 10.1. The van der Waals surface area contributed by atoms with Gasteiger partial charge in [-0.05, 0) is 17.7 Å². The fourth-order valence-corrected chi connectivity index (χ4v) is 2.98. The Bertz CT molecular complexity index is 554. The molecule has 3 heterocycles. The number of anilines is 1. The van der Waals surface area contributed by atoms with Crippen molar-refractivity contribution in [1.82, 2.24) is 0 Å². The smallest absolute Gasteiger partial charge is 0.0949 e. The monoisotopic (exact) mass is 279 g/mol. The summed E-state index contributed by atoms with van der Waals surface area (Å²) in [5, 5.41) is 2.04. The molecule has 1 saturated heterocycles. The highest BCUT2D eigenvalue weighted by molar-refractivity contribution is 7.14. The van der Waals surface area contributed by atoms with Crippen LogP contribution < -0.4 is 4.90 Å². The summed E-state index contributed by atoms with van der Waals surface area (Å²) in [6.07, 6.45) is 6.32. The van der Waals surface area contributed by atoms with Crippen LogP contribution in [0.1, 0.15) is 6.92 Å². The molecule has 0 spiro atoms. The third-order valence-corrected chi connectivity index (χ3v) is 4.48. The maximum absolute atomic E-state index is 6.00. The summed E-state index contributed by atoms with van der Waals surface area (Å²) in [5.74, 6) is 0. The van der Waals surface area contributed by atoms with E-state index in [0.29, 0.717) is 0 Å². The fourth-order valence-electron chi connectivity index (χ4n) is 2.13. The van der Waals surface area contributed by atoms with E-state index in [4.69, 9.17) is 16.3 Å². The van der Waals surface area contributed by atoms with Crippen molar-refractivity contribution in [2.24, 2.45) is 5.41 Å². The average molecular weight is 280 g/mol. The number of hydrogen-bond donors (Lipinski definition) is 0. The van der Waals surface area contributed by atoms with Crippen LogP contribution in [0, 0.1) is 5.41 Å². The molecule has 0 aromatic carbocycles. The lowest BCUT2D eigenvalue weighted by Crippen LogP contribution is -2.42. The van der Waals surface area contributed by atoms with E-state index >= 15 is 0 Å². The Balaban J connectivity index is 1.94. The zero-order chi connectivity index (χ0) is 12.8. The largest absolute Gasteiger partial charge is 0.379 e.